The first-order valence-electron chi connectivity index (χ1n) is 11.2. The van der Waals surface area contributed by atoms with Gasteiger partial charge in [-0.15, -0.1) is 0 Å². The average molecular weight is 491 g/mol. The monoisotopic (exact) mass is 490 g/mol. The molecule has 35 heavy (non-hydrogen) atoms. The Labute approximate surface area is 209 Å². The van der Waals surface area contributed by atoms with Crippen LogP contribution < -0.4 is 9.64 Å². The lowest BCUT2D eigenvalue weighted by atomic mass is 9.85. The molecule has 0 spiro atoms. The Morgan fingerprint density at radius 3 is 2.40 bits per heavy atom. The third-order valence-electron chi connectivity index (χ3n) is 6.29. The van der Waals surface area contributed by atoms with Gasteiger partial charge in [0.1, 0.15) is 11.5 Å². The number of aromatic nitrogens is 1. The van der Waals surface area contributed by atoms with Crippen LogP contribution in [-0.4, -0.2) is 28.9 Å². The van der Waals surface area contributed by atoms with Gasteiger partial charge in [-0.2, -0.15) is 0 Å². The molecular formula is C28H27ClN2O4. The summed E-state index contributed by atoms with van der Waals surface area (Å²) < 4.78 is 5.51. The van der Waals surface area contributed by atoms with Gasteiger partial charge in [0.15, 0.2) is 0 Å². The van der Waals surface area contributed by atoms with E-state index in [1.54, 1.807) is 61.8 Å². The van der Waals surface area contributed by atoms with Crippen LogP contribution in [0.3, 0.4) is 0 Å². The van der Waals surface area contributed by atoms with Crippen molar-refractivity contribution >= 4 is 34.7 Å². The van der Waals surface area contributed by atoms with Crippen LogP contribution in [0.25, 0.3) is 5.76 Å². The number of rotatable bonds is 4. The maximum absolute atomic E-state index is 13.5. The van der Waals surface area contributed by atoms with Crippen molar-refractivity contribution in [2.24, 2.45) is 0 Å². The number of aliphatic hydroxyl groups excluding tert-OH is 1. The van der Waals surface area contributed by atoms with E-state index >= 15 is 0 Å². The van der Waals surface area contributed by atoms with E-state index in [0.717, 1.165) is 5.56 Å². The maximum atomic E-state index is 13.5. The van der Waals surface area contributed by atoms with Crippen LogP contribution in [-0.2, 0) is 15.0 Å². The van der Waals surface area contributed by atoms with Crippen LogP contribution in [0.5, 0.6) is 5.75 Å². The number of pyridine rings is 1. The van der Waals surface area contributed by atoms with Crippen molar-refractivity contribution in [2.45, 2.75) is 39.2 Å². The Morgan fingerprint density at radius 1 is 1.09 bits per heavy atom. The van der Waals surface area contributed by atoms with E-state index in [1.807, 2.05) is 6.07 Å². The fraction of sp³-hybridized carbons (Fsp3) is 0.250. The Hall–Kier alpha value is -3.64. The summed E-state index contributed by atoms with van der Waals surface area (Å²) in [4.78, 5) is 32.4. The zero-order valence-electron chi connectivity index (χ0n) is 20.3. The van der Waals surface area contributed by atoms with E-state index in [4.69, 9.17) is 16.3 Å². The number of hydrogen-bond acceptors (Lipinski definition) is 5. The summed E-state index contributed by atoms with van der Waals surface area (Å²) in [5.74, 6) is -1.43. The standard InChI is InChI=1S/C28H27ClN2O4/c1-16-20(29)7-6-8-21(16)31-24(17-11-13-30-14-12-17)23(26(33)27(31)34)25(32)19-15-18(28(2,3)4)9-10-22(19)35-5/h6-15,24,32H,1-5H3/b25-23+. The zero-order valence-corrected chi connectivity index (χ0v) is 21.1. The minimum atomic E-state index is -0.877. The van der Waals surface area contributed by atoms with Crippen LogP contribution >= 0.6 is 11.6 Å². The van der Waals surface area contributed by atoms with Gasteiger partial charge in [-0.25, -0.2) is 0 Å². The minimum absolute atomic E-state index is 0.0232. The second-order valence-corrected chi connectivity index (χ2v) is 9.91. The highest BCUT2D eigenvalue weighted by atomic mass is 35.5. The Kier molecular flexibility index (Phi) is 6.43. The predicted octanol–water partition coefficient (Wildman–Crippen LogP) is 5.98. The molecule has 1 fully saturated rings. The number of aliphatic hydroxyl groups is 1. The molecule has 1 N–H and O–H groups in total. The normalized spacial score (nSPS) is 17.7. The molecule has 1 aliphatic rings. The molecule has 1 aromatic heterocycles. The number of carbonyl (C=O) groups is 2. The highest BCUT2D eigenvalue weighted by Gasteiger charge is 2.47. The molecule has 1 unspecified atom stereocenters. The summed E-state index contributed by atoms with van der Waals surface area (Å²) in [7, 11) is 1.50. The molecule has 0 bridgehead atoms. The first-order valence-corrected chi connectivity index (χ1v) is 11.6. The van der Waals surface area contributed by atoms with E-state index in [0.29, 0.717) is 33.1 Å². The molecule has 4 rings (SSSR count). The van der Waals surface area contributed by atoms with Gasteiger partial charge >= 0.3 is 0 Å². The molecule has 6 nitrogen and oxygen atoms in total. The summed E-state index contributed by atoms with van der Waals surface area (Å²) in [6, 6.07) is 13.2. The van der Waals surface area contributed by atoms with E-state index in [1.165, 1.54) is 12.0 Å². The van der Waals surface area contributed by atoms with Crippen LogP contribution in [0.4, 0.5) is 5.69 Å². The summed E-state index contributed by atoms with van der Waals surface area (Å²) in [6.07, 6.45) is 3.17. The van der Waals surface area contributed by atoms with E-state index in [2.05, 4.69) is 25.8 Å². The van der Waals surface area contributed by atoms with Gasteiger partial charge in [0.2, 0.25) is 0 Å². The molecule has 7 heteroatoms. The SMILES string of the molecule is COc1ccc(C(C)(C)C)cc1/C(O)=C1\C(=O)C(=O)N(c2cccc(Cl)c2C)C1c1ccncc1. The van der Waals surface area contributed by atoms with Gasteiger partial charge in [-0.3, -0.25) is 19.5 Å². The number of halogens is 1. The molecule has 1 aliphatic heterocycles. The zero-order chi connectivity index (χ0) is 25.5. The van der Waals surface area contributed by atoms with Crippen molar-refractivity contribution in [1.29, 1.82) is 0 Å². The number of anilines is 1. The van der Waals surface area contributed by atoms with Gasteiger partial charge in [0.05, 0.1) is 24.3 Å². The Morgan fingerprint density at radius 2 is 1.77 bits per heavy atom. The third-order valence-corrected chi connectivity index (χ3v) is 6.69. The molecule has 1 atom stereocenters. The van der Waals surface area contributed by atoms with Crippen molar-refractivity contribution in [3.05, 3.63) is 93.8 Å². The fourth-order valence-corrected chi connectivity index (χ4v) is 4.47. The smallest absolute Gasteiger partial charge is 0.300 e. The van der Waals surface area contributed by atoms with Crippen molar-refractivity contribution in [2.75, 3.05) is 12.0 Å². The average Bonchev–Trinajstić information content (AvgIpc) is 3.10. The highest BCUT2D eigenvalue weighted by Crippen LogP contribution is 2.45. The number of Topliss-reactive ketones (excluding diaryl/α,β-unsaturated/α-hetero) is 1. The molecule has 1 saturated heterocycles. The predicted molar refractivity (Wildman–Crippen MR) is 137 cm³/mol. The van der Waals surface area contributed by atoms with Crippen molar-refractivity contribution in [3.63, 3.8) is 0 Å². The van der Waals surface area contributed by atoms with Crippen LogP contribution in [0.15, 0.2) is 66.5 Å². The maximum Gasteiger partial charge on any atom is 0.300 e. The third kappa shape index (κ3) is 4.30. The largest absolute Gasteiger partial charge is 0.507 e. The van der Waals surface area contributed by atoms with Gasteiger partial charge in [-0.05, 0) is 65.4 Å². The summed E-state index contributed by atoms with van der Waals surface area (Å²) in [5.41, 5.74) is 2.84. The molecule has 2 aromatic carbocycles. The Bertz CT molecular complexity index is 1340. The fourth-order valence-electron chi connectivity index (χ4n) is 4.30. The summed E-state index contributed by atoms with van der Waals surface area (Å²) in [6.45, 7) is 7.94. The lowest BCUT2D eigenvalue weighted by molar-refractivity contribution is -0.132. The number of ether oxygens (including phenoxy) is 1. The molecule has 180 valence electrons. The second kappa shape index (κ2) is 9.19. The quantitative estimate of drug-likeness (QED) is 0.276. The summed E-state index contributed by atoms with van der Waals surface area (Å²) in [5, 5.41) is 12.1. The van der Waals surface area contributed by atoms with Gasteiger partial charge in [0.25, 0.3) is 11.7 Å². The van der Waals surface area contributed by atoms with Crippen molar-refractivity contribution < 1.29 is 19.4 Å². The molecule has 0 saturated carbocycles. The van der Waals surface area contributed by atoms with Crippen LogP contribution in [0, 0.1) is 6.92 Å². The van der Waals surface area contributed by atoms with Crippen LogP contribution in [0.2, 0.25) is 5.02 Å². The molecule has 0 aliphatic carbocycles. The van der Waals surface area contributed by atoms with E-state index < -0.39 is 17.7 Å². The first kappa shape index (κ1) is 24.5. The number of benzene rings is 2. The molecule has 2 heterocycles. The van der Waals surface area contributed by atoms with Crippen molar-refractivity contribution in [3.8, 4) is 5.75 Å². The highest BCUT2D eigenvalue weighted by molar-refractivity contribution is 6.52. The molecule has 3 aromatic rings. The molecule has 0 radical (unpaired) electrons. The van der Waals surface area contributed by atoms with Gasteiger partial charge in [0, 0.05) is 23.1 Å². The lowest BCUT2D eigenvalue weighted by Gasteiger charge is -2.27. The second-order valence-electron chi connectivity index (χ2n) is 9.50. The lowest BCUT2D eigenvalue weighted by Crippen LogP contribution is -2.30. The number of methoxy groups -OCH3 is 1. The molecular weight excluding hydrogens is 464 g/mol. The number of amides is 1. The van der Waals surface area contributed by atoms with E-state index in [-0.39, 0.29) is 16.7 Å². The van der Waals surface area contributed by atoms with Crippen molar-refractivity contribution in [1.82, 2.24) is 4.98 Å². The number of nitrogens with zero attached hydrogens (tertiary/aromatic N) is 2. The molecule has 1 amide bonds. The van der Waals surface area contributed by atoms with Crippen LogP contribution in [0.1, 0.15) is 49.1 Å². The first-order chi connectivity index (χ1) is 16.6. The number of carbonyl (C=O) groups excluding carboxylic acids is 2. The Balaban J connectivity index is 2.02. The number of ketones is 1. The van der Waals surface area contributed by atoms with Gasteiger partial charge < -0.3 is 9.84 Å². The summed E-state index contributed by atoms with van der Waals surface area (Å²) >= 11 is 6.35. The minimum Gasteiger partial charge on any atom is -0.507 e. The number of hydrogen-bond donors (Lipinski definition) is 1. The van der Waals surface area contributed by atoms with Gasteiger partial charge in [-0.1, -0.05) is 44.5 Å². The topological polar surface area (TPSA) is 79.7 Å². The van der Waals surface area contributed by atoms with E-state index in [9.17, 15) is 14.7 Å².